The Hall–Kier alpha value is -2.55. The number of carbonyl (C=O) groups is 1. The molecule has 0 aliphatic heterocycles. The lowest BCUT2D eigenvalue weighted by atomic mass is 10.1. The van der Waals surface area contributed by atoms with Gasteiger partial charge in [-0.25, -0.2) is 0 Å². The van der Waals surface area contributed by atoms with Crippen molar-refractivity contribution in [3.05, 3.63) is 71.9 Å². The molecule has 3 heteroatoms. The number of aromatic amines is 1. The summed E-state index contributed by atoms with van der Waals surface area (Å²) in [6.07, 6.45) is 1.89. The van der Waals surface area contributed by atoms with Crippen LogP contribution in [0.15, 0.2) is 60.7 Å². The highest BCUT2D eigenvalue weighted by Gasteiger charge is 2.12. The van der Waals surface area contributed by atoms with Crippen molar-refractivity contribution in [3.63, 3.8) is 0 Å². The Morgan fingerprint density at radius 2 is 1.82 bits per heavy atom. The molecule has 2 aromatic carbocycles. The average molecular weight is 292 g/mol. The van der Waals surface area contributed by atoms with Crippen LogP contribution in [0.3, 0.4) is 0 Å². The monoisotopic (exact) mass is 292 g/mol. The van der Waals surface area contributed by atoms with Crippen molar-refractivity contribution < 1.29 is 4.79 Å². The van der Waals surface area contributed by atoms with Gasteiger partial charge in [0.15, 0.2) is 0 Å². The molecule has 3 rings (SSSR count). The summed E-state index contributed by atoms with van der Waals surface area (Å²) in [5.74, 6) is -0.0447. The summed E-state index contributed by atoms with van der Waals surface area (Å²) in [7, 11) is 0. The number of hydrogen-bond acceptors (Lipinski definition) is 1. The molecule has 1 atom stereocenters. The zero-order chi connectivity index (χ0) is 15.4. The summed E-state index contributed by atoms with van der Waals surface area (Å²) in [6, 6.07) is 20.3. The van der Waals surface area contributed by atoms with E-state index in [9.17, 15) is 4.79 Å². The van der Waals surface area contributed by atoms with E-state index in [1.165, 1.54) is 5.56 Å². The van der Waals surface area contributed by atoms with E-state index in [1.54, 1.807) is 0 Å². The van der Waals surface area contributed by atoms with Gasteiger partial charge in [-0.15, -0.1) is 0 Å². The smallest absolute Gasteiger partial charge is 0.267 e. The van der Waals surface area contributed by atoms with E-state index in [0.29, 0.717) is 5.69 Å². The normalized spacial score (nSPS) is 12.2. The van der Waals surface area contributed by atoms with Crippen LogP contribution >= 0.6 is 0 Å². The molecule has 0 saturated carbocycles. The highest BCUT2D eigenvalue weighted by Crippen LogP contribution is 2.14. The number of para-hydroxylation sites is 1. The Balaban J connectivity index is 1.58. The molecule has 0 aliphatic carbocycles. The molecule has 0 saturated heterocycles. The van der Waals surface area contributed by atoms with Crippen molar-refractivity contribution in [2.75, 3.05) is 0 Å². The molecule has 3 nitrogen and oxygen atoms in total. The van der Waals surface area contributed by atoms with E-state index in [-0.39, 0.29) is 11.9 Å². The number of amides is 1. The van der Waals surface area contributed by atoms with Crippen molar-refractivity contribution in [1.82, 2.24) is 10.3 Å². The van der Waals surface area contributed by atoms with Gasteiger partial charge in [-0.3, -0.25) is 4.79 Å². The van der Waals surface area contributed by atoms with Gasteiger partial charge < -0.3 is 10.3 Å². The number of rotatable bonds is 5. The van der Waals surface area contributed by atoms with E-state index in [2.05, 4.69) is 22.4 Å². The number of benzene rings is 2. The van der Waals surface area contributed by atoms with Crippen LogP contribution in [-0.2, 0) is 6.42 Å². The lowest BCUT2D eigenvalue weighted by Gasteiger charge is -2.13. The SMILES string of the molecule is C[C@H](CCc1ccccc1)NC(=O)c1cc2ccccc2[nH]1. The summed E-state index contributed by atoms with van der Waals surface area (Å²) in [5.41, 5.74) is 2.91. The second kappa shape index (κ2) is 6.48. The molecule has 3 aromatic rings. The largest absolute Gasteiger partial charge is 0.351 e. The van der Waals surface area contributed by atoms with Crippen LogP contribution in [0.4, 0.5) is 0 Å². The predicted molar refractivity (Wildman–Crippen MR) is 90.0 cm³/mol. The minimum absolute atomic E-state index is 0.0447. The Bertz CT molecular complexity index is 728. The Morgan fingerprint density at radius 1 is 1.09 bits per heavy atom. The van der Waals surface area contributed by atoms with Crippen molar-refractivity contribution >= 4 is 16.8 Å². The first-order valence-corrected chi connectivity index (χ1v) is 7.65. The number of aryl methyl sites for hydroxylation is 1. The van der Waals surface area contributed by atoms with Crippen LogP contribution in [0.2, 0.25) is 0 Å². The Morgan fingerprint density at radius 3 is 2.59 bits per heavy atom. The molecule has 0 bridgehead atoms. The molecule has 1 amide bonds. The molecule has 0 radical (unpaired) electrons. The van der Waals surface area contributed by atoms with Crippen LogP contribution < -0.4 is 5.32 Å². The fourth-order valence-corrected chi connectivity index (χ4v) is 2.60. The van der Waals surface area contributed by atoms with E-state index < -0.39 is 0 Å². The third kappa shape index (κ3) is 3.37. The summed E-state index contributed by atoms with van der Waals surface area (Å²) >= 11 is 0. The Labute approximate surface area is 130 Å². The number of hydrogen-bond donors (Lipinski definition) is 2. The van der Waals surface area contributed by atoms with Gasteiger partial charge in [-0.05, 0) is 37.5 Å². The molecule has 22 heavy (non-hydrogen) atoms. The van der Waals surface area contributed by atoms with Crippen LogP contribution in [-0.4, -0.2) is 16.9 Å². The maximum atomic E-state index is 12.3. The van der Waals surface area contributed by atoms with Crippen LogP contribution in [0.1, 0.15) is 29.4 Å². The van der Waals surface area contributed by atoms with Crippen LogP contribution in [0.5, 0.6) is 0 Å². The molecule has 0 unspecified atom stereocenters. The molecule has 1 aromatic heterocycles. The van der Waals surface area contributed by atoms with Gasteiger partial charge in [-0.2, -0.15) is 0 Å². The zero-order valence-corrected chi connectivity index (χ0v) is 12.7. The van der Waals surface area contributed by atoms with E-state index in [1.807, 2.05) is 55.5 Å². The minimum atomic E-state index is -0.0447. The number of aromatic nitrogens is 1. The topological polar surface area (TPSA) is 44.9 Å². The van der Waals surface area contributed by atoms with Crippen molar-refractivity contribution in [3.8, 4) is 0 Å². The molecule has 1 heterocycles. The molecular formula is C19H20N2O. The molecule has 2 N–H and O–H groups in total. The van der Waals surface area contributed by atoms with Gasteiger partial charge >= 0.3 is 0 Å². The van der Waals surface area contributed by atoms with Crippen LogP contribution in [0, 0.1) is 0 Å². The zero-order valence-electron chi connectivity index (χ0n) is 12.7. The molecular weight excluding hydrogens is 272 g/mol. The number of fused-ring (bicyclic) bond motifs is 1. The summed E-state index contributed by atoms with van der Waals surface area (Å²) < 4.78 is 0. The molecule has 0 spiro atoms. The quantitative estimate of drug-likeness (QED) is 0.735. The maximum absolute atomic E-state index is 12.3. The highest BCUT2D eigenvalue weighted by atomic mass is 16.1. The maximum Gasteiger partial charge on any atom is 0.267 e. The lowest BCUT2D eigenvalue weighted by molar-refractivity contribution is 0.0934. The van der Waals surface area contributed by atoms with Gasteiger partial charge in [0.2, 0.25) is 0 Å². The second-order valence-corrected chi connectivity index (χ2v) is 5.67. The number of H-pyrrole nitrogens is 1. The van der Waals surface area contributed by atoms with Crippen molar-refractivity contribution in [1.29, 1.82) is 0 Å². The Kier molecular flexibility index (Phi) is 4.24. The third-order valence-electron chi connectivity index (χ3n) is 3.86. The first-order chi connectivity index (χ1) is 10.7. The standard InChI is InChI=1S/C19H20N2O/c1-14(11-12-15-7-3-2-4-8-15)20-19(22)18-13-16-9-5-6-10-17(16)21-18/h2-10,13-14,21H,11-12H2,1H3,(H,20,22)/t14-/m1/s1. The van der Waals surface area contributed by atoms with Crippen molar-refractivity contribution in [2.45, 2.75) is 25.8 Å². The van der Waals surface area contributed by atoms with E-state index in [0.717, 1.165) is 23.7 Å². The lowest BCUT2D eigenvalue weighted by Crippen LogP contribution is -2.33. The van der Waals surface area contributed by atoms with Gasteiger partial charge in [-0.1, -0.05) is 48.5 Å². The molecule has 0 fully saturated rings. The minimum Gasteiger partial charge on any atom is -0.351 e. The fraction of sp³-hybridized carbons (Fsp3) is 0.211. The van der Waals surface area contributed by atoms with E-state index >= 15 is 0 Å². The highest BCUT2D eigenvalue weighted by molar-refractivity contribution is 5.98. The number of nitrogens with one attached hydrogen (secondary N) is 2. The first kappa shape index (κ1) is 14.4. The molecule has 112 valence electrons. The third-order valence-corrected chi connectivity index (χ3v) is 3.86. The van der Waals surface area contributed by atoms with Gasteiger partial charge in [0.1, 0.15) is 5.69 Å². The molecule has 0 aliphatic rings. The summed E-state index contributed by atoms with van der Waals surface area (Å²) in [6.45, 7) is 2.05. The van der Waals surface area contributed by atoms with Crippen molar-refractivity contribution in [2.24, 2.45) is 0 Å². The van der Waals surface area contributed by atoms with Gasteiger partial charge in [0.05, 0.1) is 0 Å². The van der Waals surface area contributed by atoms with E-state index in [4.69, 9.17) is 0 Å². The first-order valence-electron chi connectivity index (χ1n) is 7.65. The fourth-order valence-electron chi connectivity index (χ4n) is 2.60. The summed E-state index contributed by atoms with van der Waals surface area (Å²) in [5, 5.41) is 4.12. The summed E-state index contributed by atoms with van der Waals surface area (Å²) in [4.78, 5) is 15.5. The predicted octanol–water partition coefficient (Wildman–Crippen LogP) is 3.92. The second-order valence-electron chi connectivity index (χ2n) is 5.67. The van der Waals surface area contributed by atoms with Gasteiger partial charge in [0, 0.05) is 16.9 Å². The number of carbonyl (C=O) groups excluding carboxylic acids is 1. The van der Waals surface area contributed by atoms with Crippen LogP contribution in [0.25, 0.3) is 10.9 Å². The van der Waals surface area contributed by atoms with Gasteiger partial charge in [0.25, 0.3) is 5.91 Å². The average Bonchev–Trinajstić information content (AvgIpc) is 2.98.